The maximum absolute atomic E-state index is 10.1. The molecule has 2 aromatic carbocycles. The Morgan fingerprint density at radius 1 is 1.00 bits per heavy atom. The van der Waals surface area contributed by atoms with Crippen molar-refractivity contribution in [2.24, 2.45) is 0 Å². The maximum Gasteiger partial charge on any atom is 0.161 e. The molecule has 1 aliphatic heterocycles. The largest absolute Gasteiger partial charge is 0.508 e. The lowest BCUT2D eigenvalue weighted by molar-refractivity contribution is 0.348. The van der Waals surface area contributed by atoms with Gasteiger partial charge in [-0.1, -0.05) is 6.07 Å². The predicted octanol–water partition coefficient (Wildman–Crippen LogP) is 3.27. The summed E-state index contributed by atoms with van der Waals surface area (Å²) in [4.78, 5) is 0. The molecule has 0 unspecified atom stereocenters. The van der Waals surface area contributed by atoms with Crippen LogP contribution in [-0.4, -0.2) is 25.4 Å². The van der Waals surface area contributed by atoms with E-state index in [1.54, 1.807) is 14.2 Å². The van der Waals surface area contributed by atoms with Gasteiger partial charge in [0.25, 0.3) is 0 Å². The van der Waals surface area contributed by atoms with E-state index in [1.165, 1.54) is 22.3 Å². The van der Waals surface area contributed by atoms with Crippen LogP contribution < -0.4 is 14.8 Å². The number of rotatable bonds is 2. The summed E-state index contributed by atoms with van der Waals surface area (Å²) in [7, 11) is 3.36. The second kappa shape index (κ2) is 5.71. The number of aromatic hydroxyl groups is 1. The fraction of sp³-hybridized carbons (Fsp3) is 0.400. The van der Waals surface area contributed by atoms with Gasteiger partial charge in [-0.05, 0) is 65.8 Å². The molecule has 0 aromatic heterocycles. The molecule has 0 bridgehead atoms. The van der Waals surface area contributed by atoms with Gasteiger partial charge in [0.15, 0.2) is 11.5 Å². The van der Waals surface area contributed by atoms with Crippen LogP contribution in [0.5, 0.6) is 17.2 Å². The summed E-state index contributed by atoms with van der Waals surface area (Å²) < 4.78 is 11.0. The molecule has 0 saturated heterocycles. The molecule has 4 nitrogen and oxygen atoms in total. The van der Waals surface area contributed by atoms with E-state index >= 15 is 0 Å². The van der Waals surface area contributed by atoms with Crippen LogP contribution >= 0.6 is 0 Å². The highest BCUT2D eigenvalue weighted by molar-refractivity contribution is 5.55. The fourth-order valence-corrected chi connectivity index (χ4v) is 4.19. The van der Waals surface area contributed by atoms with Crippen molar-refractivity contribution in [3.05, 3.63) is 52.1 Å². The first-order valence-corrected chi connectivity index (χ1v) is 8.43. The zero-order chi connectivity index (χ0) is 16.8. The molecule has 0 amide bonds. The molecule has 2 aromatic rings. The van der Waals surface area contributed by atoms with E-state index < -0.39 is 0 Å². The average Bonchev–Trinajstić information content (AvgIpc) is 2.60. The van der Waals surface area contributed by atoms with Gasteiger partial charge in [-0.2, -0.15) is 0 Å². The smallest absolute Gasteiger partial charge is 0.161 e. The van der Waals surface area contributed by atoms with E-state index in [2.05, 4.69) is 23.5 Å². The molecule has 0 radical (unpaired) electrons. The summed E-state index contributed by atoms with van der Waals surface area (Å²) in [6.45, 7) is 2.78. The highest BCUT2D eigenvalue weighted by Gasteiger charge is 2.36. The SMILES string of the molecule is COc1cc2c(cc1OC)[C@@H]1c3cc(C)c(O)cc3CN[C@H]1CC2. The average molecular weight is 325 g/mol. The maximum atomic E-state index is 10.1. The topological polar surface area (TPSA) is 50.7 Å². The minimum Gasteiger partial charge on any atom is -0.508 e. The molecule has 2 atom stereocenters. The fourth-order valence-electron chi connectivity index (χ4n) is 4.19. The third kappa shape index (κ3) is 2.25. The molecule has 0 fully saturated rings. The van der Waals surface area contributed by atoms with Crippen LogP contribution in [0.25, 0.3) is 0 Å². The monoisotopic (exact) mass is 325 g/mol. The van der Waals surface area contributed by atoms with Gasteiger partial charge in [0.1, 0.15) is 5.75 Å². The highest BCUT2D eigenvalue weighted by Crippen LogP contribution is 2.45. The quantitative estimate of drug-likeness (QED) is 0.890. The van der Waals surface area contributed by atoms with Gasteiger partial charge in [-0.3, -0.25) is 0 Å². The molecule has 0 saturated carbocycles. The van der Waals surface area contributed by atoms with E-state index in [0.29, 0.717) is 11.8 Å². The molecular weight excluding hydrogens is 302 g/mol. The molecule has 1 aliphatic carbocycles. The van der Waals surface area contributed by atoms with Crippen LogP contribution in [0, 0.1) is 6.92 Å². The lowest BCUT2D eigenvalue weighted by Crippen LogP contribution is -2.42. The Morgan fingerprint density at radius 3 is 2.46 bits per heavy atom. The summed E-state index contributed by atoms with van der Waals surface area (Å²) in [5.74, 6) is 2.23. The van der Waals surface area contributed by atoms with Crippen molar-refractivity contribution >= 4 is 0 Å². The Morgan fingerprint density at radius 2 is 1.71 bits per heavy atom. The molecule has 2 aliphatic rings. The van der Waals surface area contributed by atoms with Crippen molar-refractivity contribution in [1.82, 2.24) is 5.32 Å². The van der Waals surface area contributed by atoms with E-state index in [-0.39, 0.29) is 5.92 Å². The molecule has 24 heavy (non-hydrogen) atoms. The van der Waals surface area contributed by atoms with Crippen LogP contribution in [0.3, 0.4) is 0 Å². The second-order valence-electron chi connectivity index (χ2n) is 6.75. The molecule has 126 valence electrons. The molecule has 1 heterocycles. The summed E-state index contributed by atoms with van der Waals surface area (Å²) in [5.41, 5.74) is 6.07. The summed E-state index contributed by atoms with van der Waals surface area (Å²) in [5, 5.41) is 13.7. The van der Waals surface area contributed by atoms with Crippen molar-refractivity contribution < 1.29 is 14.6 Å². The molecule has 4 heteroatoms. The van der Waals surface area contributed by atoms with Crippen molar-refractivity contribution in [2.75, 3.05) is 14.2 Å². The zero-order valence-electron chi connectivity index (χ0n) is 14.3. The van der Waals surface area contributed by atoms with E-state index in [1.807, 2.05) is 13.0 Å². The number of benzene rings is 2. The Balaban J connectivity index is 1.90. The second-order valence-corrected chi connectivity index (χ2v) is 6.75. The Hall–Kier alpha value is -2.20. The van der Waals surface area contributed by atoms with Gasteiger partial charge in [-0.25, -0.2) is 0 Å². The summed E-state index contributed by atoms with van der Waals surface area (Å²) in [6.07, 6.45) is 2.14. The summed E-state index contributed by atoms with van der Waals surface area (Å²) >= 11 is 0. The number of ether oxygens (including phenoxy) is 2. The summed E-state index contributed by atoms with van der Waals surface area (Å²) in [6, 6.07) is 8.72. The Kier molecular flexibility index (Phi) is 3.65. The van der Waals surface area contributed by atoms with E-state index in [0.717, 1.165) is 36.4 Å². The van der Waals surface area contributed by atoms with Gasteiger partial charge >= 0.3 is 0 Å². The first-order chi connectivity index (χ1) is 11.6. The minimum atomic E-state index is 0.289. The number of hydrogen-bond donors (Lipinski definition) is 2. The number of methoxy groups -OCH3 is 2. The van der Waals surface area contributed by atoms with Gasteiger partial charge in [0.05, 0.1) is 14.2 Å². The lowest BCUT2D eigenvalue weighted by Gasteiger charge is -2.40. The van der Waals surface area contributed by atoms with Crippen LogP contribution in [0.15, 0.2) is 24.3 Å². The normalized spacial score (nSPS) is 21.5. The zero-order valence-corrected chi connectivity index (χ0v) is 14.3. The number of phenolic OH excluding ortho intramolecular Hbond substituents is 1. The van der Waals surface area contributed by atoms with Gasteiger partial charge in [0, 0.05) is 18.5 Å². The van der Waals surface area contributed by atoms with Gasteiger partial charge in [0.2, 0.25) is 0 Å². The number of fused-ring (bicyclic) bond motifs is 5. The standard InChI is InChI=1S/C20H23NO3/c1-11-6-14-13(7-17(11)22)10-21-16-5-4-12-8-18(23-2)19(24-3)9-15(12)20(14)16/h6-9,16,20-22H,4-5,10H2,1-3H3/t16-,20-/m0/s1. The predicted molar refractivity (Wildman–Crippen MR) is 93.2 cm³/mol. The molecule has 0 spiro atoms. The number of aryl methyl sites for hydroxylation is 2. The molecule has 4 rings (SSSR count). The number of phenols is 1. The Bertz CT molecular complexity index is 800. The Labute approximate surface area is 142 Å². The van der Waals surface area contributed by atoms with Crippen molar-refractivity contribution in [1.29, 1.82) is 0 Å². The molecule has 2 N–H and O–H groups in total. The van der Waals surface area contributed by atoms with Crippen molar-refractivity contribution in [3.63, 3.8) is 0 Å². The third-order valence-electron chi connectivity index (χ3n) is 5.46. The lowest BCUT2D eigenvalue weighted by atomic mass is 9.72. The third-order valence-corrected chi connectivity index (χ3v) is 5.46. The van der Waals surface area contributed by atoms with Crippen LogP contribution in [0.1, 0.15) is 40.2 Å². The number of hydrogen-bond acceptors (Lipinski definition) is 4. The van der Waals surface area contributed by atoms with Crippen molar-refractivity contribution in [3.8, 4) is 17.2 Å². The van der Waals surface area contributed by atoms with Gasteiger partial charge in [-0.15, -0.1) is 0 Å². The van der Waals surface area contributed by atoms with Crippen LogP contribution in [0.2, 0.25) is 0 Å². The van der Waals surface area contributed by atoms with Crippen molar-refractivity contribution in [2.45, 2.75) is 38.3 Å². The minimum absolute atomic E-state index is 0.289. The van der Waals surface area contributed by atoms with Gasteiger partial charge < -0.3 is 19.9 Å². The van der Waals surface area contributed by atoms with E-state index in [4.69, 9.17) is 9.47 Å². The number of nitrogens with one attached hydrogen (secondary N) is 1. The first kappa shape index (κ1) is 15.3. The van der Waals surface area contributed by atoms with Crippen LogP contribution in [-0.2, 0) is 13.0 Å². The van der Waals surface area contributed by atoms with E-state index in [9.17, 15) is 5.11 Å². The first-order valence-electron chi connectivity index (χ1n) is 8.43. The molecular formula is C20H23NO3. The highest BCUT2D eigenvalue weighted by atomic mass is 16.5. The van der Waals surface area contributed by atoms with Crippen LogP contribution in [0.4, 0.5) is 0 Å².